The average molecular weight is 279 g/mol. The van der Waals surface area contributed by atoms with Crippen LogP contribution in [0.5, 0.6) is 0 Å². The van der Waals surface area contributed by atoms with Gasteiger partial charge in [-0.1, -0.05) is 4.49 Å². The number of piperidine rings is 1. The molecule has 0 saturated carbocycles. The van der Waals surface area contributed by atoms with Crippen LogP contribution in [0, 0.1) is 5.92 Å². The number of nitrogens with zero attached hydrogens (tertiary/aromatic N) is 3. The van der Waals surface area contributed by atoms with Crippen molar-refractivity contribution < 1.29 is 13.2 Å². The zero-order valence-corrected chi connectivity index (χ0v) is 11.0. The Bertz CT molecular complexity index is 358. The molecule has 18 heavy (non-hydrogen) atoms. The molecule has 1 unspecified atom stereocenters. The summed E-state index contributed by atoms with van der Waals surface area (Å²) in [5.41, 5.74) is 0.911. The largest absolute Gasteiger partial charge is 0.389 e. The molecule has 102 valence electrons. The van der Waals surface area contributed by atoms with Gasteiger partial charge in [0.25, 0.3) is 0 Å². The van der Waals surface area contributed by atoms with Crippen LogP contribution in [-0.4, -0.2) is 33.8 Å². The maximum Gasteiger partial charge on any atom is 0.389 e. The molecule has 0 bridgehead atoms. The Morgan fingerprint density at radius 3 is 2.61 bits per heavy atom. The first-order valence-corrected chi connectivity index (χ1v) is 6.87. The van der Waals surface area contributed by atoms with E-state index < -0.39 is 12.6 Å². The first-order valence-electron chi connectivity index (χ1n) is 6.03. The lowest BCUT2D eigenvalue weighted by atomic mass is 9.92. The Hall–Kier alpha value is -0.690. The summed E-state index contributed by atoms with van der Waals surface area (Å²) >= 11 is 1.30. The fourth-order valence-electron chi connectivity index (χ4n) is 2.41. The Kier molecular flexibility index (Phi) is 4.21. The van der Waals surface area contributed by atoms with E-state index in [1.807, 2.05) is 12.3 Å². The van der Waals surface area contributed by atoms with Crippen LogP contribution < -0.4 is 0 Å². The highest BCUT2D eigenvalue weighted by molar-refractivity contribution is 7.03. The smallest absolute Gasteiger partial charge is 0.295 e. The predicted octanol–water partition coefficient (Wildman–Crippen LogP) is 3.26. The minimum absolute atomic E-state index is 0.149. The predicted molar refractivity (Wildman–Crippen MR) is 63.3 cm³/mol. The number of likely N-dealkylation sites (tertiary alicyclic amines) is 1. The number of rotatable bonds is 3. The minimum atomic E-state index is -4.03. The lowest BCUT2D eigenvalue weighted by molar-refractivity contribution is -0.147. The molecule has 0 N–H and O–H groups in total. The van der Waals surface area contributed by atoms with E-state index >= 15 is 0 Å². The van der Waals surface area contributed by atoms with Gasteiger partial charge in [0.05, 0.1) is 11.7 Å². The van der Waals surface area contributed by atoms with Gasteiger partial charge in [0, 0.05) is 11.8 Å². The van der Waals surface area contributed by atoms with E-state index in [0.29, 0.717) is 25.9 Å². The molecule has 1 aliphatic heterocycles. The van der Waals surface area contributed by atoms with Crippen molar-refractivity contribution in [2.75, 3.05) is 13.1 Å². The zero-order valence-electron chi connectivity index (χ0n) is 10.2. The molecule has 0 aliphatic carbocycles. The third-order valence-corrected chi connectivity index (χ3v) is 4.04. The lowest BCUT2D eigenvalue weighted by Gasteiger charge is -2.35. The SMILES string of the molecule is CC(c1csnn1)N1CCC(CC(F)(F)F)CC1. The molecule has 1 aliphatic rings. The fraction of sp³-hybridized carbons (Fsp3) is 0.818. The topological polar surface area (TPSA) is 29.0 Å². The van der Waals surface area contributed by atoms with Crippen LogP contribution in [0.25, 0.3) is 0 Å². The molecule has 2 heterocycles. The summed E-state index contributed by atoms with van der Waals surface area (Å²) in [6.07, 6.45) is -3.45. The minimum Gasteiger partial charge on any atom is -0.295 e. The van der Waals surface area contributed by atoms with E-state index in [9.17, 15) is 13.2 Å². The van der Waals surface area contributed by atoms with E-state index in [0.717, 1.165) is 5.69 Å². The Morgan fingerprint density at radius 2 is 2.11 bits per heavy atom. The van der Waals surface area contributed by atoms with E-state index in [1.54, 1.807) is 0 Å². The van der Waals surface area contributed by atoms with E-state index in [2.05, 4.69) is 14.5 Å². The molecule has 1 aromatic heterocycles. The van der Waals surface area contributed by atoms with Crippen molar-refractivity contribution in [2.24, 2.45) is 5.92 Å². The molecule has 1 saturated heterocycles. The summed E-state index contributed by atoms with van der Waals surface area (Å²) in [5, 5.41) is 5.91. The molecule has 1 fully saturated rings. The van der Waals surface area contributed by atoms with Crippen LogP contribution in [0.2, 0.25) is 0 Å². The second-order valence-electron chi connectivity index (χ2n) is 4.80. The highest BCUT2D eigenvalue weighted by Gasteiger charge is 2.34. The quantitative estimate of drug-likeness (QED) is 0.850. The maximum atomic E-state index is 12.3. The normalized spacial score (nSPS) is 21.1. The van der Waals surface area contributed by atoms with Crippen molar-refractivity contribution in [1.82, 2.24) is 14.5 Å². The Morgan fingerprint density at radius 1 is 1.44 bits per heavy atom. The van der Waals surface area contributed by atoms with E-state index in [-0.39, 0.29) is 12.0 Å². The van der Waals surface area contributed by atoms with Crippen LogP contribution in [-0.2, 0) is 0 Å². The summed E-state index contributed by atoms with van der Waals surface area (Å²) in [7, 11) is 0. The second-order valence-corrected chi connectivity index (χ2v) is 5.41. The van der Waals surface area contributed by atoms with Gasteiger partial charge in [-0.2, -0.15) is 13.2 Å². The van der Waals surface area contributed by atoms with Gasteiger partial charge < -0.3 is 0 Å². The number of hydrogen-bond acceptors (Lipinski definition) is 4. The molecule has 0 amide bonds. The van der Waals surface area contributed by atoms with Crippen molar-refractivity contribution in [3.8, 4) is 0 Å². The van der Waals surface area contributed by atoms with Gasteiger partial charge in [-0.25, -0.2) is 0 Å². The van der Waals surface area contributed by atoms with Gasteiger partial charge in [-0.05, 0) is 50.3 Å². The van der Waals surface area contributed by atoms with Gasteiger partial charge in [0.1, 0.15) is 0 Å². The lowest BCUT2D eigenvalue weighted by Crippen LogP contribution is -2.37. The number of hydrogen-bond donors (Lipinski definition) is 0. The number of alkyl halides is 3. The number of halogens is 3. The first-order chi connectivity index (χ1) is 8.46. The zero-order chi connectivity index (χ0) is 13.2. The van der Waals surface area contributed by atoms with Crippen LogP contribution in [0.1, 0.15) is 37.9 Å². The summed E-state index contributed by atoms with van der Waals surface area (Å²) in [5.74, 6) is -0.220. The Labute approximate surface area is 108 Å². The average Bonchev–Trinajstić information content (AvgIpc) is 2.80. The molecule has 0 radical (unpaired) electrons. The molecule has 2 rings (SSSR count). The third kappa shape index (κ3) is 3.65. The molecule has 1 aromatic rings. The highest BCUT2D eigenvalue weighted by atomic mass is 32.1. The molecule has 1 atom stereocenters. The molecule has 0 aromatic carbocycles. The summed E-state index contributed by atoms with van der Waals surface area (Å²) in [6, 6.07) is 0.149. The second kappa shape index (κ2) is 5.52. The molecule has 3 nitrogen and oxygen atoms in total. The van der Waals surface area contributed by atoms with Crippen LogP contribution in [0.3, 0.4) is 0 Å². The van der Waals surface area contributed by atoms with Crippen molar-refractivity contribution in [1.29, 1.82) is 0 Å². The molecular weight excluding hydrogens is 263 g/mol. The standard InChI is InChI=1S/C11H16F3N3S/c1-8(10-7-18-16-15-10)17-4-2-9(3-5-17)6-11(12,13)14/h7-9H,2-6H2,1H3. The van der Waals surface area contributed by atoms with Gasteiger partial charge in [-0.3, -0.25) is 4.90 Å². The highest BCUT2D eigenvalue weighted by Crippen LogP contribution is 2.33. The van der Waals surface area contributed by atoms with Crippen LogP contribution in [0.15, 0.2) is 5.38 Å². The van der Waals surface area contributed by atoms with Gasteiger partial charge >= 0.3 is 6.18 Å². The van der Waals surface area contributed by atoms with Gasteiger partial charge in [-0.15, -0.1) is 5.10 Å². The molecule has 7 heteroatoms. The van der Waals surface area contributed by atoms with Gasteiger partial charge in [0.15, 0.2) is 0 Å². The summed E-state index contributed by atoms with van der Waals surface area (Å²) in [4.78, 5) is 2.18. The monoisotopic (exact) mass is 279 g/mol. The molecule has 0 spiro atoms. The van der Waals surface area contributed by atoms with Crippen LogP contribution in [0.4, 0.5) is 13.2 Å². The van der Waals surface area contributed by atoms with Crippen LogP contribution >= 0.6 is 11.5 Å². The number of aromatic nitrogens is 2. The van der Waals surface area contributed by atoms with Crippen molar-refractivity contribution in [2.45, 2.75) is 38.4 Å². The van der Waals surface area contributed by atoms with Gasteiger partial charge in [0.2, 0.25) is 0 Å². The maximum absolute atomic E-state index is 12.3. The van der Waals surface area contributed by atoms with E-state index in [4.69, 9.17) is 0 Å². The fourth-order valence-corrected chi connectivity index (χ4v) is 2.95. The van der Waals surface area contributed by atoms with Crippen molar-refractivity contribution >= 4 is 11.5 Å². The Balaban J connectivity index is 1.83. The summed E-state index contributed by atoms with van der Waals surface area (Å²) < 4.78 is 40.7. The van der Waals surface area contributed by atoms with Crippen molar-refractivity contribution in [3.05, 3.63) is 11.1 Å². The van der Waals surface area contributed by atoms with E-state index in [1.165, 1.54) is 11.5 Å². The first kappa shape index (κ1) is 13.7. The van der Waals surface area contributed by atoms with Crippen molar-refractivity contribution in [3.63, 3.8) is 0 Å². The summed E-state index contributed by atoms with van der Waals surface area (Å²) in [6.45, 7) is 3.44. The third-order valence-electron chi connectivity index (χ3n) is 3.52. The molecular formula is C11H16F3N3S.